The Bertz CT molecular complexity index is 1240. The zero-order chi connectivity index (χ0) is 23.2. The minimum atomic E-state index is -0.994. The highest BCUT2D eigenvalue weighted by Gasteiger charge is 2.38. The van der Waals surface area contributed by atoms with Crippen molar-refractivity contribution in [3.05, 3.63) is 81.7 Å². The quantitative estimate of drug-likeness (QED) is 0.547. The number of ether oxygens (including phenoxy) is 1. The minimum Gasteiger partial charge on any atom is -0.478 e. The van der Waals surface area contributed by atoms with Gasteiger partial charge in [0.1, 0.15) is 5.00 Å². The number of thiophene rings is 1. The van der Waals surface area contributed by atoms with Gasteiger partial charge in [0.15, 0.2) is 0 Å². The highest BCUT2D eigenvalue weighted by atomic mass is 32.1. The van der Waals surface area contributed by atoms with Crippen LogP contribution in [0.2, 0.25) is 0 Å². The summed E-state index contributed by atoms with van der Waals surface area (Å²) >= 11 is 1.30. The number of amides is 1. The third kappa shape index (κ3) is 3.89. The molecule has 34 heavy (non-hydrogen) atoms. The Morgan fingerprint density at radius 3 is 2.44 bits per heavy atom. The number of hydrogen-bond acceptors (Lipinski definition) is 5. The van der Waals surface area contributed by atoms with Crippen LogP contribution in [0.5, 0.6) is 0 Å². The Balaban J connectivity index is 1.18. The van der Waals surface area contributed by atoms with Crippen molar-refractivity contribution < 1.29 is 19.4 Å². The summed E-state index contributed by atoms with van der Waals surface area (Å²) in [6.07, 6.45) is 4.45. The zero-order valence-corrected chi connectivity index (χ0v) is 19.5. The Morgan fingerprint density at radius 2 is 1.74 bits per heavy atom. The van der Waals surface area contributed by atoms with Crippen molar-refractivity contribution in [3.8, 4) is 0 Å². The van der Waals surface area contributed by atoms with Gasteiger partial charge in [-0.15, -0.1) is 11.3 Å². The summed E-state index contributed by atoms with van der Waals surface area (Å²) in [7, 11) is 0. The van der Waals surface area contributed by atoms with Gasteiger partial charge in [-0.3, -0.25) is 4.79 Å². The lowest BCUT2D eigenvalue weighted by Crippen LogP contribution is -2.57. The van der Waals surface area contributed by atoms with Crippen molar-refractivity contribution in [2.24, 2.45) is 0 Å². The monoisotopic (exact) mass is 474 g/mol. The Kier molecular flexibility index (Phi) is 5.38. The molecule has 1 aliphatic carbocycles. The first kappa shape index (κ1) is 21.4. The van der Waals surface area contributed by atoms with E-state index in [1.165, 1.54) is 22.5 Å². The van der Waals surface area contributed by atoms with Gasteiger partial charge in [0.2, 0.25) is 0 Å². The zero-order valence-electron chi connectivity index (χ0n) is 18.7. The fraction of sp³-hybridized carbons (Fsp3) is 0.333. The predicted octanol–water partition coefficient (Wildman–Crippen LogP) is 4.95. The molecule has 0 radical (unpaired) electrons. The number of hydrogen-bond donors (Lipinski definition) is 2. The molecule has 2 aromatic carbocycles. The van der Waals surface area contributed by atoms with Crippen LogP contribution in [-0.2, 0) is 17.6 Å². The lowest BCUT2D eigenvalue weighted by molar-refractivity contribution is -0.133. The number of carbonyl (C=O) groups is 2. The first-order valence-electron chi connectivity index (χ1n) is 11.8. The van der Waals surface area contributed by atoms with E-state index < -0.39 is 5.97 Å². The van der Waals surface area contributed by atoms with Gasteiger partial charge < -0.3 is 20.1 Å². The number of benzene rings is 2. The van der Waals surface area contributed by atoms with Gasteiger partial charge in [-0.1, -0.05) is 24.3 Å². The molecule has 1 amide bonds. The molecule has 4 heterocycles. The van der Waals surface area contributed by atoms with E-state index >= 15 is 0 Å². The smallest absolute Gasteiger partial charge is 0.339 e. The predicted molar refractivity (Wildman–Crippen MR) is 132 cm³/mol. The van der Waals surface area contributed by atoms with Gasteiger partial charge in [-0.05, 0) is 71.5 Å². The van der Waals surface area contributed by atoms with E-state index in [0.717, 1.165) is 50.0 Å². The normalized spacial score (nSPS) is 23.1. The number of aryl methyl sites for hydroxylation is 1. The Hall–Kier alpha value is -3.16. The summed E-state index contributed by atoms with van der Waals surface area (Å²) in [4.78, 5) is 27.4. The summed E-state index contributed by atoms with van der Waals surface area (Å²) in [6.45, 7) is 1.77. The number of nitrogens with zero attached hydrogens (tertiary/aromatic N) is 1. The molecule has 0 saturated carbocycles. The van der Waals surface area contributed by atoms with Gasteiger partial charge >= 0.3 is 5.97 Å². The van der Waals surface area contributed by atoms with Crippen LogP contribution in [0.1, 0.15) is 56.2 Å². The lowest BCUT2D eigenvalue weighted by atomic mass is 9.80. The van der Waals surface area contributed by atoms with E-state index in [2.05, 4.69) is 28.4 Å². The van der Waals surface area contributed by atoms with E-state index in [1.807, 2.05) is 23.6 Å². The Morgan fingerprint density at radius 1 is 1.03 bits per heavy atom. The molecule has 0 spiro atoms. The van der Waals surface area contributed by atoms with E-state index in [-0.39, 0.29) is 17.4 Å². The first-order chi connectivity index (χ1) is 16.5. The van der Waals surface area contributed by atoms with Crippen LogP contribution in [0, 0.1) is 0 Å². The van der Waals surface area contributed by atoms with Crippen molar-refractivity contribution in [3.63, 3.8) is 0 Å². The molecule has 3 aliphatic heterocycles. The standard InChI is InChI=1S/C27H26N2O4S/c30-25(17-7-9-20(10-8-17)29-13-21-12-22(14-29)33-21)28-26-24(27(31)32)23(15-34-26)19-6-5-16-3-1-2-4-18(16)11-19/h1-4,7-10,15,19,21-22H,5-6,11-14H2,(H,28,30)(H,31,32). The van der Waals surface area contributed by atoms with Crippen molar-refractivity contribution in [2.75, 3.05) is 23.3 Å². The molecule has 3 saturated heterocycles. The number of rotatable bonds is 5. The topological polar surface area (TPSA) is 78.9 Å². The maximum Gasteiger partial charge on any atom is 0.339 e. The summed E-state index contributed by atoms with van der Waals surface area (Å²) < 4.78 is 5.70. The molecule has 7 rings (SSSR count). The number of aromatic carboxylic acids is 1. The molecule has 3 aromatic rings. The average molecular weight is 475 g/mol. The molecule has 1 aromatic heterocycles. The molecular formula is C27H26N2O4S. The van der Waals surface area contributed by atoms with Crippen LogP contribution in [0.25, 0.3) is 0 Å². The number of nitrogens with one attached hydrogen (secondary N) is 1. The molecular weight excluding hydrogens is 448 g/mol. The van der Waals surface area contributed by atoms with Crippen LogP contribution in [0.4, 0.5) is 10.7 Å². The summed E-state index contributed by atoms with van der Waals surface area (Å²) in [5, 5.41) is 15.2. The van der Waals surface area contributed by atoms with Crippen molar-refractivity contribution in [1.82, 2.24) is 0 Å². The number of morpholine rings is 1. The van der Waals surface area contributed by atoms with Gasteiger partial charge in [0.05, 0.1) is 17.8 Å². The fourth-order valence-corrected chi connectivity index (χ4v) is 6.54. The molecule has 3 unspecified atom stereocenters. The van der Waals surface area contributed by atoms with Gasteiger partial charge in [0, 0.05) is 30.8 Å². The molecule has 4 aliphatic rings. The number of anilines is 2. The minimum absolute atomic E-state index is 0.141. The summed E-state index contributed by atoms with van der Waals surface area (Å²) in [6, 6.07) is 15.9. The second-order valence-corrected chi connectivity index (χ2v) is 10.3. The highest BCUT2D eigenvalue weighted by Crippen LogP contribution is 2.40. The molecule has 2 bridgehead atoms. The largest absolute Gasteiger partial charge is 0.478 e. The van der Waals surface area contributed by atoms with Crippen LogP contribution in [0.15, 0.2) is 53.9 Å². The SMILES string of the molecule is O=C(Nc1scc(C2CCc3ccccc3C2)c1C(=O)O)c1ccc(N2CC3CC(C2)O3)cc1. The van der Waals surface area contributed by atoms with E-state index in [1.54, 1.807) is 12.1 Å². The molecule has 3 fully saturated rings. The van der Waals surface area contributed by atoms with Crippen molar-refractivity contribution in [1.29, 1.82) is 0 Å². The number of piperidine rings is 1. The number of fused-ring (bicyclic) bond motifs is 3. The second kappa shape index (κ2) is 8.56. The van der Waals surface area contributed by atoms with Crippen LogP contribution < -0.4 is 10.2 Å². The maximum atomic E-state index is 13.0. The van der Waals surface area contributed by atoms with Crippen molar-refractivity contribution in [2.45, 2.75) is 43.8 Å². The third-order valence-electron chi connectivity index (χ3n) is 7.30. The van der Waals surface area contributed by atoms with Gasteiger partial charge in [0.25, 0.3) is 5.91 Å². The number of carbonyl (C=O) groups excluding carboxylic acids is 1. The first-order valence-corrected chi connectivity index (χ1v) is 12.7. The molecule has 174 valence electrons. The second-order valence-electron chi connectivity index (χ2n) is 9.43. The lowest BCUT2D eigenvalue weighted by Gasteiger charge is -2.48. The van der Waals surface area contributed by atoms with Crippen LogP contribution in [0.3, 0.4) is 0 Å². The molecule has 7 heteroatoms. The van der Waals surface area contributed by atoms with Gasteiger partial charge in [-0.2, -0.15) is 0 Å². The summed E-state index contributed by atoms with van der Waals surface area (Å²) in [5.41, 5.74) is 5.27. The molecule has 2 N–H and O–H groups in total. The van der Waals surface area contributed by atoms with E-state index in [4.69, 9.17) is 4.74 Å². The highest BCUT2D eigenvalue weighted by molar-refractivity contribution is 7.15. The molecule has 6 nitrogen and oxygen atoms in total. The van der Waals surface area contributed by atoms with Gasteiger partial charge in [-0.25, -0.2) is 4.79 Å². The number of carboxylic acid groups (broad SMARTS) is 1. The van der Waals surface area contributed by atoms with Crippen LogP contribution in [-0.4, -0.2) is 42.3 Å². The Labute approximate surface area is 202 Å². The van der Waals surface area contributed by atoms with Crippen molar-refractivity contribution >= 4 is 33.9 Å². The third-order valence-corrected chi connectivity index (χ3v) is 8.21. The summed E-state index contributed by atoms with van der Waals surface area (Å²) in [5.74, 6) is -1.14. The number of carboxylic acids is 1. The maximum absolute atomic E-state index is 13.0. The fourth-order valence-electron chi connectivity index (χ4n) is 5.51. The van der Waals surface area contributed by atoms with E-state index in [9.17, 15) is 14.7 Å². The van der Waals surface area contributed by atoms with Crippen LogP contribution >= 0.6 is 11.3 Å². The molecule has 3 atom stereocenters. The average Bonchev–Trinajstić information content (AvgIpc) is 3.27. The van der Waals surface area contributed by atoms with E-state index in [0.29, 0.717) is 22.8 Å².